The van der Waals surface area contributed by atoms with Crippen molar-refractivity contribution in [1.82, 2.24) is 15.2 Å². The van der Waals surface area contributed by atoms with Crippen LogP contribution < -0.4 is 10.2 Å². The van der Waals surface area contributed by atoms with Crippen molar-refractivity contribution in [2.45, 2.75) is 50.9 Å². The monoisotopic (exact) mass is 404 g/mol. The Kier molecular flexibility index (Phi) is 6.15. The third-order valence-corrected chi connectivity index (χ3v) is 5.67. The van der Waals surface area contributed by atoms with Crippen LogP contribution in [-0.4, -0.2) is 54.1 Å². The number of piperazine rings is 1. The zero-order valence-electron chi connectivity index (χ0n) is 15.2. The Morgan fingerprint density at radius 2 is 1.89 bits per heavy atom. The van der Waals surface area contributed by atoms with E-state index < -0.39 is 11.7 Å². The van der Waals surface area contributed by atoms with Gasteiger partial charge in [0.05, 0.1) is 16.6 Å². The van der Waals surface area contributed by atoms with Gasteiger partial charge in [0.25, 0.3) is 0 Å². The highest BCUT2D eigenvalue weighted by Crippen LogP contribution is 2.33. The summed E-state index contributed by atoms with van der Waals surface area (Å²) in [5, 5.41) is 3.11. The van der Waals surface area contributed by atoms with Crippen molar-refractivity contribution >= 4 is 23.3 Å². The van der Waals surface area contributed by atoms with E-state index in [1.54, 1.807) is 0 Å². The summed E-state index contributed by atoms with van der Waals surface area (Å²) in [7, 11) is 0. The summed E-state index contributed by atoms with van der Waals surface area (Å²) < 4.78 is 38.2. The molecule has 1 aliphatic carbocycles. The molecule has 27 heavy (non-hydrogen) atoms. The van der Waals surface area contributed by atoms with E-state index in [4.69, 9.17) is 11.6 Å². The van der Waals surface area contributed by atoms with Crippen molar-refractivity contribution in [1.29, 1.82) is 0 Å². The SMILES string of the molecule is C[C@H](C(=O)NC1CCCC1)N1CCN(c2ncc(C(F)(F)F)cc2Cl)CC1. The predicted molar refractivity (Wildman–Crippen MR) is 97.9 cm³/mol. The number of alkyl halides is 3. The number of carbonyl (C=O) groups is 1. The molecule has 2 fully saturated rings. The Bertz CT molecular complexity index is 671. The van der Waals surface area contributed by atoms with Crippen molar-refractivity contribution in [3.05, 3.63) is 22.8 Å². The summed E-state index contributed by atoms with van der Waals surface area (Å²) in [6.07, 6.45) is 0.772. The predicted octanol–water partition coefficient (Wildman–Crippen LogP) is 3.32. The number of amides is 1. The minimum Gasteiger partial charge on any atom is -0.353 e. The van der Waals surface area contributed by atoms with E-state index in [1.165, 1.54) is 12.8 Å². The van der Waals surface area contributed by atoms with E-state index in [0.717, 1.165) is 25.1 Å². The van der Waals surface area contributed by atoms with Gasteiger partial charge in [-0.3, -0.25) is 9.69 Å². The average Bonchev–Trinajstić information content (AvgIpc) is 3.13. The summed E-state index contributed by atoms with van der Waals surface area (Å²) in [6, 6.07) is 0.966. The van der Waals surface area contributed by atoms with Gasteiger partial charge < -0.3 is 10.2 Å². The van der Waals surface area contributed by atoms with Gasteiger partial charge in [-0.1, -0.05) is 24.4 Å². The number of hydrogen-bond acceptors (Lipinski definition) is 4. The van der Waals surface area contributed by atoms with E-state index in [0.29, 0.717) is 32.0 Å². The second kappa shape index (κ2) is 8.22. The molecule has 1 amide bonds. The first-order valence-corrected chi connectivity index (χ1v) is 9.65. The molecule has 1 saturated heterocycles. The van der Waals surface area contributed by atoms with Gasteiger partial charge in [-0.25, -0.2) is 4.98 Å². The summed E-state index contributed by atoms with van der Waals surface area (Å²) in [4.78, 5) is 20.3. The van der Waals surface area contributed by atoms with Crippen LogP contribution in [0.25, 0.3) is 0 Å². The molecule has 2 heterocycles. The number of carbonyl (C=O) groups excluding carboxylic acids is 1. The van der Waals surface area contributed by atoms with Crippen molar-refractivity contribution in [3.8, 4) is 0 Å². The lowest BCUT2D eigenvalue weighted by Crippen LogP contribution is -2.55. The molecule has 0 unspecified atom stereocenters. The normalized spacial score (nSPS) is 20.7. The number of rotatable bonds is 4. The lowest BCUT2D eigenvalue weighted by atomic mass is 10.2. The number of hydrogen-bond donors (Lipinski definition) is 1. The van der Waals surface area contributed by atoms with Crippen molar-refractivity contribution in [2.75, 3.05) is 31.1 Å². The van der Waals surface area contributed by atoms with Gasteiger partial charge in [-0.05, 0) is 25.8 Å². The van der Waals surface area contributed by atoms with Crippen LogP contribution in [0.3, 0.4) is 0 Å². The largest absolute Gasteiger partial charge is 0.417 e. The lowest BCUT2D eigenvalue weighted by molar-refractivity contribution is -0.137. The van der Waals surface area contributed by atoms with Crippen LogP contribution in [0.5, 0.6) is 0 Å². The Hall–Kier alpha value is -1.54. The Morgan fingerprint density at radius 3 is 2.44 bits per heavy atom. The van der Waals surface area contributed by atoms with Crippen LogP contribution in [0, 0.1) is 0 Å². The molecule has 9 heteroatoms. The second-order valence-electron chi connectivity index (χ2n) is 7.22. The molecule has 1 saturated carbocycles. The molecule has 1 aliphatic heterocycles. The summed E-state index contributed by atoms with van der Waals surface area (Å²) in [5.74, 6) is 0.397. The minimum absolute atomic E-state index is 0.00898. The molecule has 1 atom stereocenters. The first-order chi connectivity index (χ1) is 12.8. The Balaban J connectivity index is 1.56. The maximum absolute atomic E-state index is 12.7. The molecule has 3 rings (SSSR count). The molecular weight excluding hydrogens is 381 g/mol. The van der Waals surface area contributed by atoms with Gasteiger partial charge in [0.1, 0.15) is 5.82 Å². The molecule has 150 valence electrons. The van der Waals surface area contributed by atoms with Gasteiger partial charge in [0.2, 0.25) is 5.91 Å². The third-order valence-electron chi connectivity index (χ3n) is 5.39. The molecular formula is C18H24ClF3N4O. The molecule has 1 aromatic rings. The van der Waals surface area contributed by atoms with E-state index in [-0.39, 0.29) is 23.0 Å². The molecule has 0 aromatic carbocycles. The maximum Gasteiger partial charge on any atom is 0.417 e. The van der Waals surface area contributed by atoms with Gasteiger partial charge in [0.15, 0.2) is 0 Å². The second-order valence-corrected chi connectivity index (χ2v) is 7.62. The van der Waals surface area contributed by atoms with E-state index in [1.807, 2.05) is 11.8 Å². The molecule has 1 aromatic heterocycles. The molecule has 0 radical (unpaired) electrons. The summed E-state index contributed by atoms with van der Waals surface area (Å²) in [5.41, 5.74) is -0.855. The number of anilines is 1. The molecule has 0 bridgehead atoms. The molecule has 2 aliphatic rings. The van der Waals surface area contributed by atoms with Crippen molar-refractivity contribution < 1.29 is 18.0 Å². The number of pyridine rings is 1. The zero-order chi connectivity index (χ0) is 19.6. The first kappa shape index (κ1) is 20.2. The van der Waals surface area contributed by atoms with Crippen molar-refractivity contribution in [2.24, 2.45) is 0 Å². The fourth-order valence-electron chi connectivity index (χ4n) is 3.70. The smallest absolute Gasteiger partial charge is 0.353 e. The van der Waals surface area contributed by atoms with Crippen molar-refractivity contribution in [3.63, 3.8) is 0 Å². The third kappa shape index (κ3) is 4.85. The van der Waals surface area contributed by atoms with Crippen LogP contribution in [0.2, 0.25) is 5.02 Å². The number of aromatic nitrogens is 1. The molecule has 5 nitrogen and oxygen atoms in total. The minimum atomic E-state index is -4.46. The zero-order valence-corrected chi connectivity index (χ0v) is 16.0. The first-order valence-electron chi connectivity index (χ1n) is 9.28. The summed E-state index contributed by atoms with van der Waals surface area (Å²) in [6.45, 7) is 4.25. The number of nitrogens with one attached hydrogen (secondary N) is 1. The van der Waals surface area contributed by atoms with Gasteiger partial charge >= 0.3 is 6.18 Å². The highest BCUT2D eigenvalue weighted by Gasteiger charge is 2.33. The quantitative estimate of drug-likeness (QED) is 0.836. The topological polar surface area (TPSA) is 48.5 Å². The molecule has 0 spiro atoms. The van der Waals surface area contributed by atoms with Gasteiger partial charge in [0, 0.05) is 38.4 Å². The number of halogens is 4. The van der Waals surface area contributed by atoms with E-state index in [9.17, 15) is 18.0 Å². The fourth-order valence-corrected chi connectivity index (χ4v) is 3.98. The number of nitrogens with zero attached hydrogens (tertiary/aromatic N) is 3. The standard InChI is InChI=1S/C18H24ClF3N4O/c1-12(17(27)24-14-4-2-3-5-14)25-6-8-26(9-7-25)16-15(19)10-13(11-23-16)18(20,21)22/h10-12,14H,2-9H2,1H3,(H,24,27)/t12-/m1/s1. The van der Waals surface area contributed by atoms with Crippen LogP contribution in [0.1, 0.15) is 38.2 Å². The highest BCUT2D eigenvalue weighted by atomic mass is 35.5. The van der Waals surface area contributed by atoms with Gasteiger partial charge in [-0.2, -0.15) is 13.2 Å². The fraction of sp³-hybridized carbons (Fsp3) is 0.667. The van der Waals surface area contributed by atoms with Crippen LogP contribution >= 0.6 is 11.6 Å². The van der Waals surface area contributed by atoms with E-state index in [2.05, 4.69) is 15.2 Å². The van der Waals surface area contributed by atoms with Crippen LogP contribution in [0.4, 0.5) is 19.0 Å². The lowest BCUT2D eigenvalue weighted by Gasteiger charge is -2.38. The maximum atomic E-state index is 12.7. The van der Waals surface area contributed by atoms with Crippen LogP contribution in [-0.2, 0) is 11.0 Å². The molecule has 1 N–H and O–H groups in total. The highest BCUT2D eigenvalue weighted by molar-refractivity contribution is 6.33. The average molecular weight is 405 g/mol. The summed E-state index contributed by atoms with van der Waals surface area (Å²) >= 11 is 6.03. The van der Waals surface area contributed by atoms with Gasteiger partial charge in [-0.15, -0.1) is 0 Å². The van der Waals surface area contributed by atoms with Crippen LogP contribution in [0.15, 0.2) is 12.3 Å². The Morgan fingerprint density at radius 1 is 1.26 bits per heavy atom. The Labute approximate surface area is 161 Å². The van der Waals surface area contributed by atoms with E-state index >= 15 is 0 Å².